The van der Waals surface area contributed by atoms with E-state index in [1.165, 1.54) is 43.0 Å². The Morgan fingerprint density at radius 2 is 1.68 bits per heavy atom. The van der Waals surface area contributed by atoms with Gasteiger partial charge in [-0.3, -0.25) is 4.79 Å². The van der Waals surface area contributed by atoms with Crippen molar-refractivity contribution in [2.24, 2.45) is 5.92 Å². The molecule has 0 saturated heterocycles. The van der Waals surface area contributed by atoms with Crippen LogP contribution >= 0.6 is 0 Å². The number of hydrogen-bond acceptors (Lipinski definition) is 3. The topological polar surface area (TPSA) is 77.8 Å². The molecule has 0 aliphatic rings. The number of rotatable bonds is 6. The zero-order valence-electron chi connectivity index (χ0n) is 10.7. The van der Waals surface area contributed by atoms with E-state index in [2.05, 4.69) is 0 Å². The van der Waals surface area contributed by atoms with Gasteiger partial charge in [-0.25, -0.2) is 9.18 Å². The lowest BCUT2D eigenvalue weighted by atomic mass is 10.1. The third-order valence-corrected chi connectivity index (χ3v) is 2.88. The fraction of sp³-hybridized carbons (Fsp3) is 0.385. The molecule has 0 heterocycles. The first kappa shape index (κ1) is 14.9. The molecule has 1 rings (SSSR count). The highest BCUT2D eigenvalue weighted by molar-refractivity contribution is 5.78. The van der Waals surface area contributed by atoms with Gasteiger partial charge in [0.25, 0.3) is 0 Å². The number of nitrogens with zero attached hydrogens (tertiary/aromatic N) is 1. The van der Waals surface area contributed by atoms with E-state index in [-0.39, 0.29) is 6.54 Å². The lowest BCUT2D eigenvalue weighted by Crippen LogP contribution is -2.43. The molecule has 19 heavy (non-hydrogen) atoms. The summed E-state index contributed by atoms with van der Waals surface area (Å²) >= 11 is 0. The third-order valence-electron chi connectivity index (χ3n) is 2.88. The minimum absolute atomic E-state index is 0.0361. The lowest BCUT2D eigenvalue weighted by Gasteiger charge is -2.30. The van der Waals surface area contributed by atoms with Crippen molar-refractivity contribution in [1.82, 2.24) is 0 Å². The number of aliphatic carboxylic acids is 2. The Kier molecular flexibility index (Phi) is 4.86. The SMILES string of the molecule is CC(CN(c1ccc(F)cc1)C(C)C(=O)O)C(=O)O. The highest BCUT2D eigenvalue weighted by atomic mass is 19.1. The van der Waals surface area contributed by atoms with Crippen molar-refractivity contribution in [1.29, 1.82) is 0 Å². The Labute approximate surface area is 110 Å². The van der Waals surface area contributed by atoms with E-state index in [9.17, 15) is 14.0 Å². The molecule has 0 aliphatic carbocycles. The van der Waals surface area contributed by atoms with Crippen LogP contribution in [0.4, 0.5) is 10.1 Å². The van der Waals surface area contributed by atoms with Gasteiger partial charge in [0, 0.05) is 12.2 Å². The number of carboxylic acids is 2. The summed E-state index contributed by atoms with van der Waals surface area (Å²) in [5.74, 6) is -3.24. The molecule has 104 valence electrons. The van der Waals surface area contributed by atoms with Gasteiger partial charge in [0.1, 0.15) is 11.9 Å². The van der Waals surface area contributed by atoms with Crippen molar-refractivity contribution in [2.45, 2.75) is 19.9 Å². The molecule has 1 aromatic rings. The van der Waals surface area contributed by atoms with Gasteiger partial charge in [-0.2, -0.15) is 0 Å². The second-order valence-electron chi connectivity index (χ2n) is 4.38. The maximum Gasteiger partial charge on any atom is 0.326 e. The van der Waals surface area contributed by atoms with Gasteiger partial charge in [-0.15, -0.1) is 0 Å². The van der Waals surface area contributed by atoms with Crippen LogP contribution in [0.15, 0.2) is 24.3 Å². The first-order valence-corrected chi connectivity index (χ1v) is 5.80. The van der Waals surface area contributed by atoms with Gasteiger partial charge >= 0.3 is 11.9 Å². The zero-order valence-corrected chi connectivity index (χ0v) is 10.7. The summed E-state index contributed by atoms with van der Waals surface area (Å²) in [5.41, 5.74) is 0.476. The number of hydrogen-bond donors (Lipinski definition) is 2. The Morgan fingerprint density at radius 1 is 1.16 bits per heavy atom. The summed E-state index contributed by atoms with van der Waals surface area (Å²) in [7, 11) is 0. The molecule has 0 fully saturated rings. The summed E-state index contributed by atoms with van der Waals surface area (Å²) < 4.78 is 12.9. The van der Waals surface area contributed by atoms with Crippen molar-refractivity contribution >= 4 is 17.6 Å². The lowest BCUT2D eigenvalue weighted by molar-refractivity contribution is -0.142. The van der Waals surface area contributed by atoms with Crippen molar-refractivity contribution in [3.8, 4) is 0 Å². The average molecular weight is 269 g/mol. The molecule has 0 aliphatic heterocycles. The van der Waals surface area contributed by atoms with E-state index in [1.807, 2.05) is 0 Å². The van der Waals surface area contributed by atoms with Gasteiger partial charge < -0.3 is 15.1 Å². The van der Waals surface area contributed by atoms with Crippen LogP contribution < -0.4 is 4.90 Å². The Bertz CT molecular complexity index is 460. The van der Waals surface area contributed by atoms with Crippen LogP contribution in [-0.2, 0) is 9.59 Å². The fourth-order valence-corrected chi connectivity index (χ4v) is 1.63. The van der Waals surface area contributed by atoms with E-state index in [1.54, 1.807) is 0 Å². The monoisotopic (exact) mass is 269 g/mol. The maximum absolute atomic E-state index is 12.9. The van der Waals surface area contributed by atoms with Crippen LogP contribution in [0.3, 0.4) is 0 Å². The van der Waals surface area contributed by atoms with Crippen LogP contribution in [0.1, 0.15) is 13.8 Å². The quantitative estimate of drug-likeness (QED) is 0.823. The van der Waals surface area contributed by atoms with Crippen molar-refractivity contribution < 1.29 is 24.2 Å². The second kappa shape index (κ2) is 6.17. The Hall–Kier alpha value is -2.11. The van der Waals surface area contributed by atoms with Crippen LogP contribution in [0.25, 0.3) is 0 Å². The van der Waals surface area contributed by atoms with E-state index in [0.717, 1.165) is 0 Å². The number of carbonyl (C=O) groups is 2. The number of halogens is 1. The van der Waals surface area contributed by atoms with Crippen molar-refractivity contribution in [2.75, 3.05) is 11.4 Å². The molecule has 6 heteroatoms. The first-order valence-electron chi connectivity index (χ1n) is 5.80. The minimum atomic E-state index is -1.07. The van der Waals surface area contributed by atoms with E-state index >= 15 is 0 Å². The van der Waals surface area contributed by atoms with Crippen LogP contribution in [0.5, 0.6) is 0 Å². The molecule has 5 nitrogen and oxygen atoms in total. The van der Waals surface area contributed by atoms with E-state index in [4.69, 9.17) is 10.2 Å². The zero-order chi connectivity index (χ0) is 14.6. The average Bonchev–Trinajstić information content (AvgIpc) is 2.35. The van der Waals surface area contributed by atoms with Gasteiger partial charge in [-0.1, -0.05) is 6.92 Å². The van der Waals surface area contributed by atoms with Gasteiger partial charge in [0.15, 0.2) is 0 Å². The number of carboxylic acid groups (broad SMARTS) is 2. The van der Waals surface area contributed by atoms with Crippen LogP contribution in [-0.4, -0.2) is 34.7 Å². The summed E-state index contributed by atoms with van der Waals surface area (Å²) in [6.07, 6.45) is 0. The summed E-state index contributed by atoms with van der Waals surface area (Å²) in [4.78, 5) is 23.4. The van der Waals surface area contributed by atoms with E-state index < -0.39 is 29.7 Å². The first-order chi connectivity index (χ1) is 8.82. The Morgan fingerprint density at radius 3 is 2.11 bits per heavy atom. The van der Waals surface area contributed by atoms with Crippen LogP contribution in [0, 0.1) is 11.7 Å². The molecular formula is C13H16FNO4. The molecule has 2 atom stereocenters. The van der Waals surface area contributed by atoms with Crippen molar-refractivity contribution in [3.63, 3.8) is 0 Å². The fourth-order valence-electron chi connectivity index (χ4n) is 1.63. The smallest absolute Gasteiger partial charge is 0.326 e. The van der Waals surface area contributed by atoms with Gasteiger partial charge in [0.2, 0.25) is 0 Å². The largest absolute Gasteiger partial charge is 0.481 e. The molecule has 2 unspecified atom stereocenters. The summed E-state index contributed by atoms with van der Waals surface area (Å²) in [6, 6.07) is 4.39. The predicted molar refractivity (Wildman–Crippen MR) is 67.6 cm³/mol. The van der Waals surface area contributed by atoms with Gasteiger partial charge in [-0.05, 0) is 31.2 Å². The second-order valence-corrected chi connectivity index (χ2v) is 4.38. The number of anilines is 1. The van der Waals surface area contributed by atoms with Crippen LogP contribution in [0.2, 0.25) is 0 Å². The highest BCUT2D eigenvalue weighted by Gasteiger charge is 2.25. The van der Waals surface area contributed by atoms with Crippen molar-refractivity contribution in [3.05, 3.63) is 30.1 Å². The minimum Gasteiger partial charge on any atom is -0.481 e. The predicted octanol–water partition coefficient (Wildman–Crippen LogP) is 1.83. The molecule has 0 aromatic heterocycles. The molecule has 0 saturated carbocycles. The molecule has 2 N–H and O–H groups in total. The highest BCUT2D eigenvalue weighted by Crippen LogP contribution is 2.19. The molecule has 0 radical (unpaired) electrons. The molecule has 0 amide bonds. The maximum atomic E-state index is 12.9. The van der Waals surface area contributed by atoms with Gasteiger partial charge in [0.05, 0.1) is 5.92 Å². The molecular weight excluding hydrogens is 253 g/mol. The summed E-state index contributed by atoms with van der Waals surface area (Å²) in [6.45, 7) is 2.99. The standard InChI is InChI=1S/C13H16FNO4/c1-8(12(16)17)7-15(9(2)13(18)19)11-5-3-10(14)4-6-11/h3-6,8-9H,7H2,1-2H3,(H,16,17)(H,18,19). The van der Waals surface area contributed by atoms with E-state index in [0.29, 0.717) is 5.69 Å². The number of benzene rings is 1. The molecule has 0 bridgehead atoms. The molecule has 0 spiro atoms. The normalized spacial score (nSPS) is 13.6. The third kappa shape index (κ3) is 3.94. The summed E-state index contributed by atoms with van der Waals surface area (Å²) in [5, 5.41) is 18.0. The molecule has 1 aromatic carbocycles. The Balaban J connectivity index is 3.01.